The van der Waals surface area contributed by atoms with Gasteiger partial charge in [0.25, 0.3) is 0 Å². The highest BCUT2D eigenvalue weighted by molar-refractivity contribution is 9.10. The third kappa shape index (κ3) is 4.56. The van der Waals surface area contributed by atoms with Crippen LogP contribution in [0.2, 0.25) is 5.02 Å². The Morgan fingerprint density at radius 3 is 2.74 bits per heavy atom. The number of benzene rings is 2. The van der Waals surface area contributed by atoms with E-state index in [0.717, 1.165) is 41.2 Å². The molecule has 2 heterocycles. The monoisotopic (exact) mass is 446 g/mol. The molecule has 1 unspecified atom stereocenters. The largest absolute Gasteiger partial charge is 0.326 e. The van der Waals surface area contributed by atoms with Crippen molar-refractivity contribution >= 4 is 39.1 Å². The molecule has 0 radical (unpaired) electrons. The molecule has 1 atom stereocenters. The number of para-hydroxylation sites is 1. The topological polar surface area (TPSA) is 32.3 Å². The molecule has 1 fully saturated rings. The number of amides is 1. The second-order valence-corrected chi connectivity index (χ2v) is 9.01. The van der Waals surface area contributed by atoms with Gasteiger partial charge < -0.3 is 10.2 Å². The van der Waals surface area contributed by atoms with Crippen LogP contribution in [0.15, 0.2) is 46.9 Å². The van der Waals surface area contributed by atoms with Crippen LogP contribution in [0.3, 0.4) is 0 Å². The lowest BCUT2D eigenvalue weighted by atomic mass is 9.87. The number of nitrogens with zero attached hydrogens (tertiary/aromatic N) is 1. The molecule has 5 heteroatoms. The minimum absolute atomic E-state index is 0.138. The lowest BCUT2D eigenvalue weighted by Gasteiger charge is -2.36. The number of carbonyl (C=O) groups excluding carboxylic acids is 1. The molecule has 0 aliphatic carbocycles. The summed E-state index contributed by atoms with van der Waals surface area (Å²) in [6.07, 6.45) is 4.05. The van der Waals surface area contributed by atoms with Gasteiger partial charge >= 0.3 is 0 Å². The van der Waals surface area contributed by atoms with E-state index in [2.05, 4.69) is 44.3 Å². The van der Waals surface area contributed by atoms with Gasteiger partial charge in [-0.1, -0.05) is 45.7 Å². The minimum atomic E-state index is 0.138. The van der Waals surface area contributed by atoms with Crippen LogP contribution in [0.5, 0.6) is 0 Å². The lowest BCUT2D eigenvalue weighted by molar-refractivity contribution is -0.117. The van der Waals surface area contributed by atoms with Crippen molar-refractivity contribution in [3.05, 3.63) is 63.1 Å². The Bertz CT molecular complexity index is 833. The summed E-state index contributed by atoms with van der Waals surface area (Å²) in [5.41, 5.74) is 3.57. The molecule has 3 nitrogen and oxygen atoms in total. The highest BCUT2D eigenvalue weighted by Gasteiger charge is 2.28. The van der Waals surface area contributed by atoms with Gasteiger partial charge in [-0.15, -0.1) is 0 Å². The first-order valence-corrected chi connectivity index (χ1v) is 10.8. The van der Waals surface area contributed by atoms with E-state index in [1.807, 2.05) is 24.3 Å². The van der Waals surface area contributed by atoms with E-state index in [0.29, 0.717) is 18.3 Å². The van der Waals surface area contributed by atoms with E-state index in [9.17, 15) is 4.79 Å². The van der Waals surface area contributed by atoms with Crippen LogP contribution in [0.1, 0.15) is 36.3 Å². The van der Waals surface area contributed by atoms with Crippen LogP contribution >= 0.6 is 27.5 Å². The van der Waals surface area contributed by atoms with Crippen molar-refractivity contribution in [3.63, 3.8) is 0 Å². The van der Waals surface area contributed by atoms with E-state index in [4.69, 9.17) is 11.6 Å². The van der Waals surface area contributed by atoms with E-state index in [1.54, 1.807) is 0 Å². The Balaban J connectivity index is 1.35. The van der Waals surface area contributed by atoms with E-state index < -0.39 is 0 Å². The van der Waals surface area contributed by atoms with E-state index in [-0.39, 0.29) is 5.91 Å². The fourth-order valence-corrected chi connectivity index (χ4v) is 4.96. The summed E-state index contributed by atoms with van der Waals surface area (Å²) >= 11 is 9.81. The summed E-state index contributed by atoms with van der Waals surface area (Å²) in [4.78, 5) is 14.6. The summed E-state index contributed by atoms with van der Waals surface area (Å²) in [6.45, 7) is 3.17. The number of rotatable bonds is 4. The SMILES string of the molecule is O=C1CC(CN2CCC(Cc3cc(Cl)ccc3Br)CC2)c2ccccc2N1. The number of fused-ring (bicyclic) bond motifs is 1. The van der Waals surface area contributed by atoms with Gasteiger partial charge in [0.2, 0.25) is 5.91 Å². The quantitative estimate of drug-likeness (QED) is 0.673. The third-order valence-electron chi connectivity index (χ3n) is 5.81. The van der Waals surface area contributed by atoms with Crippen molar-refractivity contribution in [1.29, 1.82) is 0 Å². The molecule has 0 aromatic heterocycles. The van der Waals surface area contributed by atoms with Crippen LogP contribution in [0.4, 0.5) is 5.69 Å². The Hall–Kier alpha value is -1.36. The maximum Gasteiger partial charge on any atom is 0.225 e. The van der Waals surface area contributed by atoms with Crippen LogP contribution < -0.4 is 5.32 Å². The van der Waals surface area contributed by atoms with Gasteiger partial charge in [-0.3, -0.25) is 4.79 Å². The molecule has 142 valence electrons. The first-order valence-electron chi connectivity index (χ1n) is 9.63. The smallest absolute Gasteiger partial charge is 0.225 e. The molecule has 1 amide bonds. The normalized spacial score (nSPS) is 21.0. The van der Waals surface area contributed by atoms with Crippen molar-refractivity contribution in [2.24, 2.45) is 5.92 Å². The third-order valence-corrected chi connectivity index (χ3v) is 6.82. The van der Waals surface area contributed by atoms with Gasteiger partial charge in [-0.05, 0) is 73.7 Å². The number of carbonyl (C=O) groups is 1. The molecule has 1 saturated heterocycles. The molecule has 4 rings (SSSR count). The molecule has 27 heavy (non-hydrogen) atoms. The molecule has 2 aromatic rings. The highest BCUT2D eigenvalue weighted by atomic mass is 79.9. The standard InChI is InChI=1S/C22H24BrClN2O/c23-20-6-5-18(24)12-16(20)11-15-7-9-26(10-8-15)14-17-13-22(27)25-21-4-2-1-3-19(17)21/h1-6,12,15,17H,7-11,13-14H2,(H,25,27). The molecule has 2 aromatic carbocycles. The number of nitrogens with one attached hydrogen (secondary N) is 1. The number of anilines is 1. The van der Waals surface area contributed by atoms with Gasteiger partial charge in [0, 0.05) is 34.1 Å². The summed E-state index contributed by atoms with van der Waals surface area (Å²) < 4.78 is 1.15. The van der Waals surface area contributed by atoms with Gasteiger partial charge in [0.1, 0.15) is 0 Å². The first-order chi connectivity index (χ1) is 13.1. The number of likely N-dealkylation sites (tertiary alicyclic amines) is 1. The van der Waals surface area contributed by atoms with Crippen molar-refractivity contribution in [2.75, 3.05) is 25.0 Å². The fourth-order valence-electron chi connectivity index (χ4n) is 4.36. The van der Waals surface area contributed by atoms with Gasteiger partial charge in [-0.25, -0.2) is 0 Å². The molecule has 2 aliphatic rings. The Morgan fingerprint density at radius 1 is 1.15 bits per heavy atom. The predicted octanol–water partition coefficient (Wildman–Crippen LogP) is 5.48. The average Bonchev–Trinajstić information content (AvgIpc) is 2.66. The Morgan fingerprint density at radius 2 is 1.93 bits per heavy atom. The van der Waals surface area contributed by atoms with Crippen LogP contribution in [0.25, 0.3) is 0 Å². The molecule has 2 aliphatic heterocycles. The fraction of sp³-hybridized carbons (Fsp3) is 0.409. The zero-order valence-corrected chi connectivity index (χ0v) is 17.6. The highest BCUT2D eigenvalue weighted by Crippen LogP contribution is 2.34. The molecular formula is C22H24BrClN2O. The number of piperidine rings is 1. The average molecular weight is 448 g/mol. The molecule has 1 N–H and O–H groups in total. The van der Waals surface area contributed by atoms with E-state index in [1.165, 1.54) is 24.0 Å². The second-order valence-electron chi connectivity index (χ2n) is 7.72. The summed E-state index contributed by atoms with van der Waals surface area (Å²) in [7, 11) is 0. The van der Waals surface area contributed by atoms with Gasteiger partial charge in [-0.2, -0.15) is 0 Å². The van der Waals surface area contributed by atoms with Gasteiger partial charge in [0.05, 0.1) is 0 Å². The van der Waals surface area contributed by atoms with Crippen LogP contribution in [-0.2, 0) is 11.2 Å². The number of halogens is 2. The van der Waals surface area contributed by atoms with Crippen molar-refractivity contribution in [3.8, 4) is 0 Å². The van der Waals surface area contributed by atoms with E-state index >= 15 is 0 Å². The molecular weight excluding hydrogens is 424 g/mol. The first kappa shape index (κ1) is 19.0. The van der Waals surface area contributed by atoms with Gasteiger partial charge in [0.15, 0.2) is 0 Å². The van der Waals surface area contributed by atoms with Crippen LogP contribution in [-0.4, -0.2) is 30.4 Å². The van der Waals surface area contributed by atoms with Crippen molar-refractivity contribution in [1.82, 2.24) is 4.90 Å². The summed E-state index contributed by atoms with van der Waals surface area (Å²) in [5.74, 6) is 1.13. The maximum absolute atomic E-state index is 12.0. The number of hydrogen-bond donors (Lipinski definition) is 1. The zero-order valence-electron chi connectivity index (χ0n) is 15.3. The predicted molar refractivity (Wildman–Crippen MR) is 114 cm³/mol. The summed E-state index contributed by atoms with van der Waals surface area (Å²) in [6, 6.07) is 14.3. The molecule has 0 bridgehead atoms. The lowest BCUT2D eigenvalue weighted by Crippen LogP contribution is -2.39. The zero-order chi connectivity index (χ0) is 18.8. The number of hydrogen-bond acceptors (Lipinski definition) is 2. The maximum atomic E-state index is 12.0. The van der Waals surface area contributed by atoms with Crippen molar-refractivity contribution < 1.29 is 4.79 Å². The summed E-state index contributed by atoms with van der Waals surface area (Å²) in [5, 5.41) is 3.80. The molecule has 0 spiro atoms. The minimum Gasteiger partial charge on any atom is -0.326 e. The van der Waals surface area contributed by atoms with Crippen LogP contribution in [0, 0.1) is 5.92 Å². The molecule has 0 saturated carbocycles. The van der Waals surface area contributed by atoms with Crippen molar-refractivity contribution in [2.45, 2.75) is 31.6 Å². The Labute approximate surface area is 174 Å². The Kier molecular flexibility index (Phi) is 5.86. The second kappa shape index (κ2) is 8.34.